The van der Waals surface area contributed by atoms with Crippen LogP contribution in [-0.2, 0) is 4.79 Å². The number of H-pyrrole nitrogens is 1. The summed E-state index contributed by atoms with van der Waals surface area (Å²) in [5.74, 6) is 0.0904. The van der Waals surface area contributed by atoms with Crippen LogP contribution in [-0.4, -0.2) is 20.9 Å². The van der Waals surface area contributed by atoms with Gasteiger partial charge in [-0.2, -0.15) is 5.48 Å². The van der Waals surface area contributed by atoms with Gasteiger partial charge in [0.25, 0.3) is 5.91 Å². The predicted octanol–water partition coefficient (Wildman–Crippen LogP) is 2.22. The average molecular weight is 280 g/mol. The van der Waals surface area contributed by atoms with Crippen LogP contribution in [0.25, 0.3) is 22.4 Å². The molecule has 3 rings (SSSR count). The van der Waals surface area contributed by atoms with Crippen LogP contribution in [0, 0.1) is 0 Å². The van der Waals surface area contributed by atoms with E-state index in [2.05, 4.69) is 27.0 Å². The van der Waals surface area contributed by atoms with Gasteiger partial charge in [-0.25, -0.2) is 9.97 Å². The molecule has 0 fully saturated rings. The fraction of sp³-hybridized carbons (Fsp3) is 0. The minimum absolute atomic E-state index is 0.408. The van der Waals surface area contributed by atoms with Gasteiger partial charge in [-0.05, 0) is 24.3 Å². The molecule has 0 saturated heterocycles. The Kier molecular flexibility index (Phi) is 3.34. The molecule has 0 radical (unpaired) electrons. The Morgan fingerprint density at radius 3 is 3.14 bits per heavy atom. The number of benzene rings is 1. The Bertz CT molecular complexity index is 810. The normalized spacial score (nSPS) is 10.3. The van der Waals surface area contributed by atoms with Crippen molar-refractivity contribution in [2.45, 2.75) is 0 Å². The van der Waals surface area contributed by atoms with E-state index in [-0.39, 0.29) is 0 Å². The molecule has 2 heterocycles. The van der Waals surface area contributed by atoms with Gasteiger partial charge >= 0.3 is 0 Å². The van der Waals surface area contributed by atoms with E-state index in [1.165, 1.54) is 0 Å². The van der Waals surface area contributed by atoms with Crippen molar-refractivity contribution in [1.29, 1.82) is 0 Å². The molecule has 104 valence electrons. The SMILES string of the molecule is C=CC(=O)NOc1cccc(-c2cnc3[nH]ccc3n2)c1. The lowest BCUT2D eigenvalue weighted by atomic mass is 10.1. The fourth-order valence-electron chi connectivity index (χ4n) is 1.84. The molecule has 0 unspecified atom stereocenters. The predicted molar refractivity (Wildman–Crippen MR) is 78.3 cm³/mol. The van der Waals surface area contributed by atoms with Crippen LogP contribution < -0.4 is 10.3 Å². The summed E-state index contributed by atoms with van der Waals surface area (Å²) in [4.78, 5) is 28.0. The van der Waals surface area contributed by atoms with Gasteiger partial charge in [0, 0.05) is 11.8 Å². The molecule has 21 heavy (non-hydrogen) atoms. The summed E-state index contributed by atoms with van der Waals surface area (Å²) in [6.45, 7) is 3.35. The fourth-order valence-corrected chi connectivity index (χ4v) is 1.84. The number of aromatic nitrogens is 3. The molecule has 0 spiro atoms. The van der Waals surface area contributed by atoms with Gasteiger partial charge in [-0.1, -0.05) is 18.7 Å². The highest BCUT2D eigenvalue weighted by atomic mass is 16.7. The van der Waals surface area contributed by atoms with Crippen LogP contribution in [0.5, 0.6) is 5.75 Å². The van der Waals surface area contributed by atoms with E-state index in [9.17, 15) is 4.79 Å². The number of rotatable bonds is 4. The number of nitrogens with one attached hydrogen (secondary N) is 2. The van der Waals surface area contributed by atoms with Gasteiger partial charge in [0.05, 0.1) is 11.9 Å². The summed E-state index contributed by atoms with van der Waals surface area (Å²) in [6.07, 6.45) is 4.61. The minimum atomic E-state index is -0.408. The minimum Gasteiger partial charge on any atom is -0.379 e. The van der Waals surface area contributed by atoms with Crippen molar-refractivity contribution >= 4 is 17.1 Å². The van der Waals surface area contributed by atoms with Crippen LogP contribution in [0.1, 0.15) is 0 Å². The molecule has 3 aromatic rings. The summed E-state index contributed by atoms with van der Waals surface area (Å²) in [5.41, 5.74) is 5.35. The summed E-state index contributed by atoms with van der Waals surface area (Å²) < 4.78 is 0. The van der Waals surface area contributed by atoms with Crippen LogP contribution >= 0.6 is 0 Å². The van der Waals surface area contributed by atoms with Crippen LogP contribution in [0.2, 0.25) is 0 Å². The second-order valence-electron chi connectivity index (χ2n) is 4.27. The van der Waals surface area contributed by atoms with E-state index in [1.807, 2.05) is 18.2 Å². The van der Waals surface area contributed by atoms with Crippen LogP contribution in [0.4, 0.5) is 0 Å². The monoisotopic (exact) mass is 280 g/mol. The number of amides is 1. The van der Waals surface area contributed by atoms with Gasteiger partial charge in [-0.3, -0.25) is 4.79 Å². The second kappa shape index (κ2) is 5.46. The Morgan fingerprint density at radius 1 is 1.38 bits per heavy atom. The summed E-state index contributed by atoms with van der Waals surface area (Å²) in [6, 6.07) is 9.07. The van der Waals surface area contributed by atoms with Gasteiger partial charge in [0.1, 0.15) is 5.52 Å². The van der Waals surface area contributed by atoms with Crippen molar-refractivity contribution in [2.24, 2.45) is 0 Å². The first-order valence-corrected chi connectivity index (χ1v) is 6.26. The molecule has 0 aliphatic heterocycles. The lowest BCUT2D eigenvalue weighted by Gasteiger charge is -2.06. The first-order chi connectivity index (χ1) is 10.3. The zero-order valence-corrected chi connectivity index (χ0v) is 11.0. The van der Waals surface area contributed by atoms with Crippen LogP contribution in [0.15, 0.2) is 55.4 Å². The van der Waals surface area contributed by atoms with E-state index >= 15 is 0 Å². The van der Waals surface area contributed by atoms with E-state index in [0.29, 0.717) is 5.75 Å². The Morgan fingerprint density at radius 2 is 2.29 bits per heavy atom. The lowest BCUT2D eigenvalue weighted by Crippen LogP contribution is -2.24. The Hall–Kier alpha value is -3.15. The van der Waals surface area contributed by atoms with E-state index in [4.69, 9.17) is 4.84 Å². The zero-order chi connectivity index (χ0) is 14.7. The molecule has 0 saturated carbocycles. The van der Waals surface area contributed by atoms with Gasteiger partial charge in [-0.15, -0.1) is 0 Å². The number of hydrogen-bond donors (Lipinski definition) is 2. The number of carbonyl (C=O) groups excluding carboxylic acids is 1. The molecule has 2 aromatic heterocycles. The van der Waals surface area contributed by atoms with Crippen molar-refractivity contribution in [2.75, 3.05) is 0 Å². The molecule has 0 aliphatic rings. The molecular formula is C15H12N4O2. The molecule has 6 nitrogen and oxygen atoms in total. The third-order valence-electron chi connectivity index (χ3n) is 2.85. The number of hydroxylamine groups is 1. The van der Waals surface area contributed by atoms with E-state index in [0.717, 1.165) is 28.5 Å². The van der Waals surface area contributed by atoms with Gasteiger partial charge in [0.15, 0.2) is 11.4 Å². The zero-order valence-electron chi connectivity index (χ0n) is 11.0. The van der Waals surface area contributed by atoms with E-state index < -0.39 is 5.91 Å². The molecule has 6 heteroatoms. The highest BCUT2D eigenvalue weighted by molar-refractivity contribution is 5.86. The van der Waals surface area contributed by atoms with Crippen molar-refractivity contribution < 1.29 is 9.63 Å². The third kappa shape index (κ3) is 2.74. The van der Waals surface area contributed by atoms with Crippen LogP contribution in [0.3, 0.4) is 0 Å². The molecule has 1 aromatic carbocycles. The quantitative estimate of drug-likeness (QED) is 0.567. The summed E-state index contributed by atoms with van der Waals surface area (Å²) in [7, 11) is 0. The number of nitrogens with zero attached hydrogens (tertiary/aromatic N) is 2. The number of hydrogen-bond acceptors (Lipinski definition) is 4. The number of aromatic amines is 1. The molecular weight excluding hydrogens is 268 g/mol. The topological polar surface area (TPSA) is 79.9 Å². The van der Waals surface area contributed by atoms with E-state index in [1.54, 1.807) is 24.5 Å². The van der Waals surface area contributed by atoms with Crippen molar-refractivity contribution in [3.05, 3.63) is 55.4 Å². The number of fused-ring (bicyclic) bond motifs is 1. The maximum absolute atomic E-state index is 11.1. The Labute approximate surface area is 120 Å². The van der Waals surface area contributed by atoms with Gasteiger partial charge < -0.3 is 9.82 Å². The van der Waals surface area contributed by atoms with Gasteiger partial charge in [0.2, 0.25) is 0 Å². The second-order valence-corrected chi connectivity index (χ2v) is 4.27. The maximum atomic E-state index is 11.1. The highest BCUT2D eigenvalue weighted by Gasteiger charge is 2.05. The smallest absolute Gasteiger partial charge is 0.276 e. The largest absolute Gasteiger partial charge is 0.379 e. The first kappa shape index (κ1) is 12.9. The molecule has 2 N–H and O–H groups in total. The third-order valence-corrected chi connectivity index (χ3v) is 2.85. The maximum Gasteiger partial charge on any atom is 0.276 e. The van der Waals surface area contributed by atoms with Crippen molar-refractivity contribution in [1.82, 2.24) is 20.4 Å². The lowest BCUT2D eigenvalue weighted by molar-refractivity contribution is -0.122. The first-order valence-electron chi connectivity index (χ1n) is 6.26. The Balaban J connectivity index is 1.87. The molecule has 1 amide bonds. The molecule has 0 bridgehead atoms. The molecule has 0 aliphatic carbocycles. The number of carbonyl (C=O) groups is 1. The summed E-state index contributed by atoms with van der Waals surface area (Å²) in [5, 5.41) is 0. The summed E-state index contributed by atoms with van der Waals surface area (Å²) >= 11 is 0. The highest BCUT2D eigenvalue weighted by Crippen LogP contribution is 2.22. The molecule has 0 atom stereocenters. The standard InChI is InChI=1S/C15H12N4O2/c1-2-14(20)19-21-11-5-3-4-10(8-11)13-9-17-15-12(18-13)6-7-16-15/h2-9H,1H2,(H,16,17)(H,19,20). The van der Waals surface area contributed by atoms with Crippen molar-refractivity contribution in [3.63, 3.8) is 0 Å². The van der Waals surface area contributed by atoms with Crippen molar-refractivity contribution in [3.8, 4) is 17.0 Å². The average Bonchev–Trinajstić information content (AvgIpc) is 3.00.